The molecule has 1 atom stereocenters. The lowest BCUT2D eigenvalue weighted by Gasteiger charge is -2.13. The van der Waals surface area contributed by atoms with Crippen LogP contribution in [0.1, 0.15) is 24.2 Å². The van der Waals surface area contributed by atoms with Crippen molar-refractivity contribution in [1.82, 2.24) is 10.3 Å². The van der Waals surface area contributed by atoms with Crippen molar-refractivity contribution in [2.45, 2.75) is 23.7 Å². The molecule has 2 amide bonds. The van der Waals surface area contributed by atoms with E-state index in [-0.39, 0.29) is 30.0 Å². The van der Waals surface area contributed by atoms with Crippen LogP contribution in [0.2, 0.25) is 0 Å². The van der Waals surface area contributed by atoms with Crippen molar-refractivity contribution in [2.75, 3.05) is 18.2 Å². The van der Waals surface area contributed by atoms with Crippen LogP contribution in [-0.4, -0.2) is 29.7 Å². The van der Waals surface area contributed by atoms with E-state index in [0.717, 1.165) is 9.90 Å². The summed E-state index contributed by atoms with van der Waals surface area (Å²) >= 11 is 2.78. The fourth-order valence-electron chi connectivity index (χ4n) is 2.74. The molecule has 1 unspecified atom stereocenters. The monoisotopic (exact) mass is 441 g/mol. The van der Waals surface area contributed by atoms with Crippen molar-refractivity contribution in [3.63, 3.8) is 0 Å². The first kappa shape index (κ1) is 21.9. The summed E-state index contributed by atoms with van der Waals surface area (Å²) in [5, 5.41) is 7.68. The van der Waals surface area contributed by atoms with Crippen LogP contribution in [0.4, 0.5) is 5.69 Å². The maximum absolute atomic E-state index is 12.3. The van der Waals surface area contributed by atoms with Crippen LogP contribution < -0.4 is 15.4 Å². The summed E-state index contributed by atoms with van der Waals surface area (Å²) < 4.78 is 5.91. The molecule has 0 aliphatic rings. The maximum atomic E-state index is 12.3. The molecule has 0 saturated heterocycles. The van der Waals surface area contributed by atoms with Gasteiger partial charge in [-0.25, -0.2) is 4.98 Å². The molecule has 1 aromatic heterocycles. The van der Waals surface area contributed by atoms with E-state index >= 15 is 0 Å². The van der Waals surface area contributed by atoms with Crippen LogP contribution in [0.15, 0.2) is 64.3 Å². The van der Waals surface area contributed by atoms with E-state index in [4.69, 9.17) is 4.74 Å². The van der Waals surface area contributed by atoms with E-state index in [9.17, 15) is 9.59 Å². The number of carbonyl (C=O) groups excluding carboxylic acids is 2. The summed E-state index contributed by atoms with van der Waals surface area (Å²) in [4.78, 5) is 28.9. The number of anilines is 1. The zero-order chi connectivity index (χ0) is 21.3. The van der Waals surface area contributed by atoms with Crippen molar-refractivity contribution >= 4 is 40.6 Å². The van der Waals surface area contributed by atoms with E-state index in [0.29, 0.717) is 17.1 Å². The SMILES string of the molecule is COc1cccc(NC(=O)CSc2nc(CC(=O)NC(C)c3ccccc3)cs2)c1. The number of hydrogen-bond donors (Lipinski definition) is 2. The molecular weight excluding hydrogens is 418 g/mol. The van der Waals surface area contributed by atoms with Gasteiger partial charge >= 0.3 is 0 Å². The average Bonchev–Trinajstić information content (AvgIpc) is 3.20. The minimum absolute atomic E-state index is 0.0634. The molecule has 0 spiro atoms. The van der Waals surface area contributed by atoms with Gasteiger partial charge in [0.15, 0.2) is 4.34 Å². The number of thioether (sulfide) groups is 1. The van der Waals surface area contributed by atoms with Gasteiger partial charge in [0, 0.05) is 17.1 Å². The smallest absolute Gasteiger partial charge is 0.234 e. The van der Waals surface area contributed by atoms with Crippen LogP contribution >= 0.6 is 23.1 Å². The third-order valence-electron chi connectivity index (χ3n) is 4.23. The van der Waals surface area contributed by atoms with Crippen molar-refractivity contribution < 1.29 is 14.3 Å². The van der Waals surface area contributed by atoms with Gasteiger partial charge in [-0.3, -0.25) is 9.59 Å². The molecule has 0 saturated carbocycles. The second kappa shape index (κ2) is 10.8. The Balaban J connectivity index is 1.45. The van der Waals surface area contributed by atoms with Crippen LogP contribution in [0, 0.1) is 0 Å². The van der Waals surface area contributed by atoms with Gasteiger partial charge in [-0.15, -0.1) is 11.3 Å². The Morgan fingerprint density at radius 2 is 1.93 bits per heavy atom. The molecule has 8 heteroatoms. The Morgan fingerprint density at radius 1 is 1.13 bits per heavy atom. The minimum Gasteiger partial charge on any atom is -0.497 e. The number of thiazole rings is 1. The van der Waals surface area contributed by atoms with Gasteiger partial charge in [0.1, 0.15) is 5.75 Å². The second-order valence-electron chi connectivity index (χ2n) is 6.55. The van der Waals surface area contributed by atoms with E-state index in [2.05, 4.69) is 15.6 Å². The predicted molar refractivity (Wildman–Crippen MR) is 121 cm³/mol. The van der Waals surface area contributed by atoms with Gasteiger partial charge in [0.05, 0.1) is 31.0 Å². The van der Waals surface area contributed by atoms with Crippen molar-refractivity contribution in [2.24, 2.45) is 0 Å². The van der Waals surface area contributed by atoms with Crippen LogP contribution in [0.3, 0.4) is 0 Å². The molecule has 1 heterocycles. The molecule has 3 rings (SSSR count). The number of carbonyl (C=O) groups is 2. The zero-order valence-corrected chi connectivity index (χ0v) is 18.4. The van der Waals surface area contributed by atoms with E-state index in [1.807, 2.05) is 60.8 Å². The van der Waals surface area contributed by atoms with Crippen molar-refractivity contribution in [3.05, 3.63) is 71.2 Å². The normalized spacial score (nSPS) is 11.5. The lowest BCUT2D eigenvalue weighted by Crippen LogP contribution is -2.28. The number of hydrogen-bond acceptors (Lipinski definition) is 6. The Hall–Kier alpha value is -2.84. The summed E-state index contributed by atoms with van der Waals surface area (Å²) in [7, 11) is 1.58. The quantitative estimate of drug-likeness (QED) is 0.484. The van der Waals surface area contributed by atoms with E-state index in [1.54, 1.807) is 13.2 Å². The van der Waals surface area contributed by atoms with Crippen molar-refractivity contribution in [3.8, 4) is 5.75 Å². The first-order valence-corrected chi connectivity index (χ1v) is 11.3. The van der Waals surface area contributed by atoms with Gasteiger partial charge in [-0.2, -0.15) is 0 Å². The Morgan fingerprint density at radius 3 is 2.70 bits per heavy atom. The zero-order valence-electron chi connectivity index (χ0n) is 16.8. The van der Waals surface area contributed by atoms with Gasteiger partial charge in [-0.1, -0.05) is 48.2 Å². The average molecular weight is 442 g/mol. The Bertz CT molecular complexity index is 992. The lowest BCUT2D eigenvalue weighted by molar-refractivity contribution is -0.121. The Kier molecular flexibility index (Phi) is 7.87. The number of nitrogens with one attached hydrogen (secondary N) is 2. The molecule has 30 heavy (non-hydrogen) atoms. The third-order valence-corrected chi connectivity index (χ3v) is 6.30. The highest BCUT2D eigenvalue weighted by atomic mass is 32.2. The third kappa shape index (κ3) is 6.60. The Labute approximate surface area is 184 Å². The lowest BCUT2D eigenvalue weighted by atomic mass is 10.1. The van der Waals surface area contributed by atoms with Gasteiger partial charge in [-0.05, 0) is 24.6 Å². The second-order valence-corrected chi connectivity index (χ2v) is 8.63. The highest BCUT2D eigenvalue weighted by Gasteiger charge is 2.13. The molecule has 0 bridgehead atoms. The molecule has 0 aliphatic carbocycles. The summed E-state index contributed by atoms with van der Waals surface area (Å²) in [6, 6.07) is 17.0. The summed E-state index contributed by atoms with van der Waals surface area (Å²) in [6.07, 6.45) is 0.213. The molecule has 0 fully saturated rings. The summed E-state index contributed by atoms with van der Waals surface area (Å²) in [5.41, 5.74) is 2.44. The molecule has 6 nitrogen and oxygen atoms in total. The fourth-order valence-corrected chi connectivity index (χ4v) is 4.39. The molecule has 156 valence electrons. The molecule has 0 radical (unpaired) electrons. The first-order chi connectivity index (χ1) is 14.5. The van der Waals surface area contributed by atoms with E-state index in [1.165, 1.54) is 23.1 Å². The predicted octanol–water partition coefficient (Wildman–Crippen LogP) is 4.30. The summed E-state index contributed by atoms with van der Waals surface area (Å²) in [5.74, 6) is 0.717. The highest BCUT2D eigenvalue weighted by Crippen LogP contribution is 2.24. The van der Waals surface area contributed by atoms with Crippen LogP contribution in [0.25, 0.3) is 0 Å². The largest absolute Gasteiger partial charge is 0.497 e. The molecular formula is C22H23N3O3S2. The minimum atomic E-state index is -0.126. The van der Waals surface area contributed by atoms with Crippen molar-refractivity contribution in [1.29, 1.82) is 0 Å². The maximum Gasteiger partial charge on any atom is 0.234 e. The standard InChI is InChI=1S/C22H23N3O3S2/c1-15(16-7-4-3-5-8-16)23-20(26)12-18-13-29-22(25-18)30-14-21(27)24-17-9-6-10-19(11-17)28-2/h3-11,13,15H,12,14H2,1-2H3,(H,23,26)(H,24,27). The van der Waals surface area contributed by atoms with Crippen LogP contribution in [0.5, 0.6) is 5.75 Å². The topological polar surface area (TPSA) is 80.3 Å². The fraction of sp³-hybridized carbons (Fsp3) is 0.227. The number of rotatable bonds is 9. The van der Waals surface area contributed by atoms with Gasteiger partial charge < -0.3 is 15.4 Å². The van der Waals surface area contributed by atoms with Gasteiger partial charge in [0.25, 0.3) is 0 Å². The van der Waals surface area contributed by atoms with Gasteiger partial charge in [0.2, 0.25) is 11.8 Å². The number of aromatic nitrogens is 1. The molecule has 3 aromatic rings. The number of ether oxygens (including phenoxy) is 1. The first-order valence-electron chi connectivity index (χ1n) is 9.39. The van der Waals surface area contributed by atoms with Crippen LogP contribution in [-0.2, 0) is 16.0 Å². The van der Waals surface area contributed by atoms with E-state index < -0.39 is 0 Å². The molecule has 0 aliphatic heterocycles. The molecule has 2 N–H and O–H groups in total. The molecule has 2 aromatic carbocycles. The highest BCUT2D eigenvalue weighted by molar-refractivity contribution is 8.01. The summed E-state index contributed by atoms with van der Waals surface area (Å²) in [6.45, 7) is 1.95. The number of methoxy groups -OCH3 is 1. The number of nitrogens with zero attached hydrogens (tertiary/aromatic N) is 1. The number of amides is 2. The number of benzene rings is 2.